The summed E-state index contributed by atoms with van der Waals surface area (Å²) >= 11 is 1.73. The first-order chi connectivity index (χ1) is 11.1. The number of ether oxygens (including phenoxy) is 1. The number of nitrogens with zero attached hydrogens (tertiary/aromatic N) is 1. The molecule has 0 fully saturated rings. The molecule has 0 spiro atoms. The highest BCUT2D eigenvalue weighted by atomic mass is 32.2. The van der Waals surface area contributed by atoms with Crippen LogP contribution in [0.15, 0.2) is 52.3 Å². The lowest BCUT2D eigenvalue weighted by Gasteiger charge is -2.13. The number of hydrogen-bond acceptors (Lipinski definition) is 4. The van der Waals surface area contributed by atoms with E-state index in [0.717, 1.165) is 23.5 Å². The molecule has 0 aromatic heterocycles. The summed E-state index contributed by atoms with van der Waals surface area (Å²) in [6.45, 7) is 1.75. The zero-order chi connectivity index (χ0) is 16.0. The van der Waals surface area contributed by atoms with Crippen LogP contribution in [0.5, 0.6) is 5.75 Å². The largest absolute Gasteiger partial charge is 0.511 e. The minimum absolute atomic E-state index is 0.365. The fraction of sp³-hybridized carbons (Fsp3) is 0.167. The lowest BCUT2D eigenvalue weighted by molar-refractivity contribution is 0.144. The van der Waals surface area contributed by atoms with Crippen molar-refractivity contribution < 1.29 is 14.6 Å². The number of carbonyl (C=O) groups is 1. The number of likely N-dealkylation sites (N-methyl/N-ethyl adjacent to an activating group) is 1. The van der Waals surface area contributed by atoms with Gasteiger partial charge in [0.2, 0.25) is 0 Å². The van der Waals surface area contributed by atoms with Crippen molar-refractivity contribution in [2.45, 2.75) is 9.79 Å². The average Bonchev–Trinajstić information content (AvgIpc) is 2.85. The quantitative estimate of drug-likeness (QED) is 0.633. The minimum Gasteiger partial charge on any atom is -0.449 e. The molecule has 23 heavy (non-hydrogen) atoms. The Morgan fingerprint density at radius 1 is 1.09 bits per heavy atom. The molecule has 5 heteroatoms. The van der Waals surface area contributed by atoms with E-state index in [0.29, 0.717) is 5.75 Å². The Morgan fingerprint density at radius 2 is 1.78 bits per heavy atom. The van der Waals surface area contributed by atoms with E-state index >= 15 is 0 Å². The predicted octanol–water partition coefficient (Wildman–Crippen LogP) is 4.06. The van der Waals surface area contributed by atoms with Crippen LogP contribution in [0.1, 0.15) is 11.1 Å². The second-order valence-corrected chi connectivity index (χ2v) is 6.84. The van der Waals surface area contributed by atoms with E-state index < -0.39 is 6.16 Å². The van der Waals surface area contributed by atoms with E-state index in [1.807, 2.05) is 12.1 Å². The summed E-state index contributed by atoms with van der Waals surface area (Å²) in [5.74, 6) is 0.365. The van der Waals surface area contributed by atoms with Crippen LogP contribution in [-0.4, -0.2) is 36.3 Å². The van der Waals surface area contributed by atoms with E-state index in [4.69, 9.17) is 9.84 Å². The zero-order valence-electron chi connectivity index (χ0n) is 12.6. The van der Waals surface area contributed by atoms with Gasteiger partial charge in [0, 0.05) is 22.9 Å². The maximum atomic E-state index is 10.8. The number of carboxylic acid groups (broad SMARTS) is 1. The Morgan fingerprint density at radius 3 is 2.57 bits per heavy atom. The van der Waals surface area contributed by atoms with Crippen molar-refractivity contribution in [3.63, 3.8) is 0 Å². The van der Waals surface area contributed by atoms with E-state index in [1.165, 1.54) is 21.6 Å². The molecule has 0 amide bonds. The summed E-state index contributed by atoms with van der Waals surface area (Å²) in [4.78, 5) is 15.5. The van der Waals surface area contributed by atoms with Gasteiger partial charge in [-0.15, -0.1) is 0 Å². The molecule has 2 heterocycles. The van der Waals surface area contributed by atoms with Crippen LogP contribution in [0.4, 0.5) is 4.79 Å². The molecule has 4 rings (SSSR count). The summed E-state index contributed by atoms with van der Waals surface area (Å²) in [5, 5.41) is 8.85. The molecule has 1 N–H and O–H groups in total. The molecule has 2 aliphatic heterocycles. The van der Waals surface area contributed by atoms with Crippen LogP contribution in [0.2, 0.25) is 0 Å². The molecule has 0 bridgehead atoms. The molecular formula is C18H15NO3S. The molecule has 0 atom stereocenters. The van der Waals surface area contributed by atoms with E-state index in [1.54, 1.807) is 17.8 Å². The standard InChI is InChI=1S/C18H15NO3S/c1-19-9-14-12-4-2-3-5-16(12)23-17-7-6-11(22-18(20)21)8-13(17)15(14)10-19/h2-8H,9-10H2,1H3,(H,20,21). The van der Waals surface area contributed by atoms with Gasteiger partial charge in [-0.1, -0.05) is 30.0 Å². The smallest absolute Gasteiger partial charge is 0.449 e. The van der Waals surface area contributed by atoms with Gasteiger partial charge in [-0.05, 0) is 53.6 Å². The fourth-order valence-corrected chi connectivity index (χ4v) is 4.32. The Balaban J connectivity index is 1.91. The lowest BCUT2D eigenvalue weighted by Crippen LogP contribution is -2.15. The van der Waals surface area contributed by atoms with Gasteiger partial charge < -0.3 is 9.84 Å². The van der Waals surface area contributed by atoms with Crippen LogP contribution >= 0.6 is 11.8 Å². The number of benzene rings is 2. The van der Waals surface area contributed by atoms with Crippen molar-refractivity contribution in [3.8, 4) is 5.75 Å². The third kappa shape index (κ3) is 2.52. The summed E-state index contributed by atoms with van der Waals surface area (Å²) < 4.78 is 4.84. The molecule has 0 unspecified atom stereocenters. The normalized spacial score (nSPS) is 16.4. The van der Waals surface area contributed by atoms with Gasteiger partial charge in [0.1, 0.15) is 5.75 Å². The highest BCUT2D eigenvalue weighted by molar-refractivity contribution is 7.99. The average molecular weight is 325 g/mol. The van der Waals surface area contributed by atoms with Crippen molar-refractivity contribution in [2.24, 2.45) is 0 Å². The highest BCUT2D eigenvalue weighted by Gasteiger charge is 2.28. The summed E-state index contributed by atoms with van der Waals surface area (Å²) in [5.41, 5.74) is 4.93. The first-order valence-electron chi connectivity index (χ1n) is 7.35. The van der Waals surface area contributed by atoms with E-state index in [-0.39, 0.29) is 0 Å². The third-order valence-electron chi connectivity index (χ3n) is 4.13. The Kier molecular flexibility index (Phi) is 3.39. The van der Waals surface area contributed by atoms with Gasteiger partial charge >= 0.3 is 6.16 Å². The highest BCUT2D eigenvalue weighted by Crippen LogP contribution is 2.47. The zero-order valence-corrected chi connectivity index (χ0v) is 13.4. The van der Waals surface area contributed by atoms with Crippen LogP contribution in [0.25, 0.3) is 11.1 Å². The van der Waals surface area contributed by atoms with Crippen LogP contribution in [0.3, 0.4) is 0 Å². The molecule has 2 aromatic carbocycles. The minimum atomic E-state index is -1.28. The number of hydrogen-bond donors (Lipinski definition) is 1. The number of rotatable bonds is 1. The molecule has 2 aliphatic rings. The topological polar surface area (TPSA) is 49.8 Å². The predicted molar refractivity (Wildman–Crippen MR) is 90.0 cm³/mol. The van der Waals surface area contributed by atoms with Gasteiger partial charge in [-0.2, -0.15) is 0 Å². The second kappa shape index (κ2) is 5.44. The molecule has 116 valence electrons. The Hall–Kier alpha value is -2.24. The number of fused-ring (bicyclic) bond motifs is 4. The van der Waals surface area contributed by atoms with Gasteiger partial charge in [0.15, 0.2) is 0 Å². The fourth-order valence-electron chi connectivity index (χ4n) is 3.20. The summed E-state index contributed by atoms with van der Waals surface area (Å²) in [7, 11) is 2.10. The third-order valence-corrected chi connectivity index (χ3v) is 5.29. The monoisotopic (exact) mass is 325 g/mol. The van der Waals surface area contributed by atoms with Crippen LogP contribution in [-0.2, 0) is 0 Å². The van der Waals surface area contributed by atoms with Crippen molar-refractivity contribution >= 4 is 29.1 Å². The van der Waals surface area contributed by atoms with Gasteiger partial charge in [0.05, 0.1) is 0 Å². The van der Waals surface area contributed by atoms with Crippen molar-refractivity contribution in [1.29, 1.82) is 0 Å². The Labute approximate surface area is 138 Å². The molecular weight excluding hydrogens is 310 g/mol. The molecule has 0 radical (unpaired) electrons. The van der Waals surface area contributed by atoms with Crippen molar-refractivity contribution in [2.75, 3.05) is 20.1 Å². The van der Waals surface area contributed by atoms with E-state index in [2.05, 4.69) is 36.2 Å². The maximum absolute atomic E-state index is 10.8. The molecule has 0 aliphatic carbocycles. The Bertz CT molecular complexity index is 844. The first kappa shape index (κ1) is 14.4. The molecule has 2 aromatic rings. The molecule has 0 saturated heterocycles. The summed E-state index contributed by atoms with van der Waals surface area (Å²) in [6.07, 6.45) is -1.28. The van der Waals surface area contributed by atoms with E-state index in [9.17, 15) is 4.79 Å². The molecule has 0 saturated carbocycles. The van der Waals surface area contributed by atoms with Crippen molar-refractivity contribution in [1.82, 2.24) is 4.90 Å². The van der Waals surface area contributed by atoms with Crippen LogP contribution in [0, 0.1) is 0 Å². The van der Waals surface area contributed by atoms with Gasteiger partial charge in [0.25, 0.3) is 0 Å². The maximum Gasteiger partial charge on any atom is 0.511 e. The second-order valence-electron chi connectivity index (χ2n) is 5.75. The SMILES string of the molecule is CN1CC2=C(C1)c1cc(OC(=O)O)ccc1Sc1ccccc12. The van der Waals surface area contributed by atoms with Crippen LogP contribution < -0.4 is 4.74 Å². The van der Waals surface area contributed by atoms with Gasteiger partial charge in [-0.3, -0.25) is 4.90 Å². The molecule has 4 nitrogen and oxygen atoms in total. The first-order valence-corrected chi connectivity index (χ1v) is 8.16. The van der Waals surface area contributed by atoms with Gasteiger partial charge in [-0.25, -0.2) is 4.79 Å². The lowest BCUT2D eigenvalue weighted by atomic mass is 9.97. The summed E-state index contributed by atoms with van der Waals surface area (Å²) in [6, 6.07) is 13.9. The van der Waals surface area contributed by atoms with Crippen molar-refractivity contribution in [3.05, 3.63) is 53.6 Å².